The maximum absolute atomic E-state index is 10.4. The van der Waals surface area contributed by atoms with Gasteiger partial charge in [0.15, 0.2) is 0 Å². The fourth-order valence-corrected chi connectivity index (χ4v) is 0.484. The molecule has 0 aliphatic heterocycles. The topological polar surface area (TPSA) is 35.5 Å². The molecule has 0 saturated heterocycles. The standard InChI is InChI=1S/C5H4I2O3/c6-1-3-9-5(8)10-4-2-7/h1-4H. The monoisotopic (exact) mass is 366 g/mol. The average Bonchev–Trinajstić information content (AvgIpc) is 1.97. The predicted molar refractivity (Wildman–Crippen MR) is 53.9 cm³/mol. The van der Waals surface area contributed by atoms with Crippen LogP contribution in [-0.2, 0) is 9.47 Å². The minimum atomic E-state index is -0.735. The maximum Gasteiger partial charge on any atom is 0.518 e. The van der Waals surface area contributed by atoms with Crippen molar-refractivity contribution in [3.63, 3.8) is 0 Å². The Hall–Kier alpha value is 0.210. The first-order valence-corrected chi connectivity index (χ1v) is 4.68. The molecule has 0 aliphatic carbocycles. The second kappa shape index (κ2) is 7.32. The molecule has 0 saturated carbocycles. The summed E-state index contributed by atoms with van der Waals surface area (Å²) in [6, 6.07) is 0. The van der Waals surface area contributed by atoms with E-state index in [0.717, 1.165) is 0 Å². The molecule has 0 heterocycles. The van der Waals surface area contributed by atoms with E-state index >= 15 is 0 Å². The second-order valence-corrected chi connectivity index (χ2v) is 2.45. The lowest BCUT2D eigenvalue weighted by molar-refractivity contribution is 0.120. The molecule has 0 aromatic heterocycles. The summed E-state index contributed by atoms with van der Waals surface area (Å²) in [5.41, 5.74) is 0. The number of rotatable bonds is 2. The molecule has 0 N–H and O–H groups in total. The molecule has 0 radical (unpaired) electrons. The van der Waals surface area contributed by atoms with Crippen molar-refractivity contribution in [2.45, 2.75) is 0 Å². The normalized spacial score (nSPS) is 10.6. The zero-order chi connectivity index (χ0) is 7.82. The van der Waals surface area contributed by atoms with Crippen LogP contribution in [0.3, 0.4) is 0 Å². The summed E-state index contributed by atoms with van der Waals surface area (Å²) in [6.07, 6.45) is 1.74. The highest BCUT2D eigenvalue weighted by atomic mass is 127. The van der Waals surface area contributed by atoms with Crippen LogP contribution in [-0.4, -0.2) is 6.16 Å². The lowest BCUT2D eigenvalue weighted by Gasteiger charge is -1.93. The Morgan fingerprint density at radius 1 is 1.10 bits per heavy atom. The molecule has 10 heavy (non-hydrogen) atoms. The van der Waals surface area contributed by atoms with Gasteiger partial charge in [0.05, 0.1) is 0 Å². The quantitative estimate of drug-likeness (QED) is 0.429. The molecule has 0 rings (SSSR count). The zero-order valence-electron chi connectivity index (χ0n) is 4.79. The Balaban J connectivity index is 3.44. The van der Waals surface area contributed by atoms with Gasteiger partial charge < -0.3 is 9.47 Å². The average molecular weight is 366 g/mol. The third-order valence-electron chi connectivity index (χ3n) is 0.431. The maximum atomic E-state index is 10.4. The van der Waals surface area contributed by atoms with Gasteiger partial charge in [0.25, 0.3) is 0 Å². The van der Waals surface area contributed by atoms with E-state index in [4.69, 9.17) is 0 Å². The third-order valence-corrected chi connectivity index (χ3v) is 1.02. The van der Waals surface area contributed by atoms with Gasteiger partial charge >= 0.3 is 6.16 Å². The van der Waals surface area contributed by atoms with Crippen molar-refractivity contribution in [1.82, 2.24) is 0 Å². The smallest absolute Gasteiger partial charge is 0.402 e. The molecule has 0 atom stereocenters. The van der Waals surface area contributed by atoms with Gasteiger partial charge in [0, 0.05) is 8.17 Å². The van der Waals surface area contributed by atoms with E-state index in [9.17, 15) is 4.79 Å². The van der Waals surface area contributed by atoms with E-state index in [1.54, 1.807) is 8.17 Å². The minimum Gasteiger partial charge on any atom is -0.402 e. The van der Waals surface area contributed by atoms with Crippen molar-refractivity contribution in [3.05, 3.63) is 20.7 Å². The van der Waals surface area contributed by atoms with Crippen LogP contribution in [0.1, 0.15) is 0 Å². The van der Waals surface area contributed by atoms with E-state index in [2.05, 4.69) is 9.47 Å². The molecule has 0 aromatic carbocycles. The number of hydrogen-bond donors (Lipinski definition) is 0. The molecule has 56 valence electrons. The molecule has 3 nitrogen and oxygen atoms in total. The Kier molecular flexibility index (Phi) is 7.47. The summed E-state index contributed by atoms with van der Waals surface area (Å²) in [7, 11) is 0. The van der Waals surface area contributed by atoms with Crippen LogP contribution in [0, 0.1) is 0 Å². The molecule has 0 aromatic rings. The summed E-state index contributed by atoms with van der Waals surface area (Å²) in [5.74, 6) is 0. The number of hydrogen-bond acceptors (Lipinski definition) is 3. The summed E-state index contributed by atoms with van der Waals surface area (Å²) in [6.45, 7) is 0. The molecule has 0 spiro atoms. The number of ether oxygens (including phenoxy) is 2. The van der Waals surface area contributed by atoms with Gasteiger partial charge in [-0.1, -0.05) is 0 Å². The molecule has 0 fully saturated rings. The van der Waals surface area contributed by atoms with Gasteiger partial charge in [-0.25, -0.2) is 4.79 Å². The third kappa shape index (κ3) is 6.33. The van der Waals surface area contributed by atoms with Crippen LogP contribution >= 0.6 is 45.2 Å². The SMILES string of the molecule is O=C(OC=CI)OC=CI. The molecule has 0 amide bonds. The first-order valence-electron chi connectivity index (χ1n) is 2.19. The van der Waals surface area contributed by atoms with Crippen LogP contribution in [0.25, 0.3) is 0 Å². The highest BCUT2D eigenvalue weighted by Crippen LogP contribution is 1.92. The molecular weight excluding hydrogens is 362 g/mol. The predicted octanol–water partition coefficient (Wildman–Crippen LogP) is 2.95. The van der Waals surface area contributed by atoms with E-state index in [1.807, 2.05) is 45.2 Å². The highest BCUT2D eigenvalue weighted by Gasteiger charge is 1.95. The summed E-state index contributed by atoms with van der Waals surface area (Å²) >= 11 is 3.85. The van der Waals surface area contributed by atoms with Gasteiger partial charge in [0.2, 0.25) is 0 Å². The van der Waals surface area contributed by atoms with Gasteiger partial charge in [-0.15, -0.1) is 0 Å². The van der Waals surface area contributed by atoms with E-state index in [1.165, 1.54) is 12.5 Å². The first-order chi connectivity index (χ1) is 4.81. The fourth-order valence-electron chi connectivity index (χ4n) is 0.190. The van der Waals surface area contributed by atoms with E-state index in [0.29, 0.717) is 0 Å². The Morgan fingerprint density at radius 3 is 1.80 bits per heavy atom. The lowest BCUT2D eigenvalue weighted by Crippen LogP contribution is -1.96. The second-order valence-electron chi connectivity index (χ2n) is 1.01. The fraction of sp³-hybridized carbons (Fsp3) is 0. The van der Waals surface area contributed by atoms with Crippen LogP contribution in [0.5, 0.6) is 0 Å². The summed E-state index contributed by atoms with van der Waals surface area (Å²) in [4.78, 5) is 10.4. The molecule has 0 unspecified atom stereocenters. The van der Waals surface area contributed by atoms with Crippen molar-refractivity contribution < 1.29 is 14.3 Å². The Bertz CT molecular complexity index is 137. The van der Waals surface area contributed by atoms with Crippen LogP contribution in [0.2, 0.25) is 0 Å². The molecule has 0 bridgehead atoms. The van der Waals surface area contributed by atoms with Crippen LogP contribution in [0.15, 0.2) is 20.7 Å². The van der Waals surface area contributed by atoms with Crippen molar-refractivity contribution in [3.8, 4) is 0 Å². The molecule has 0 aliphatic rings. The van der Waals surface area contributed by atoms with E-state index in [-0.39, 0.29) is 0 Å². The Labute approximate surface area is 85.7 Å². The number of carbonyl (C=O) groups excluding carboxylic acids is 1. The summed E-state index contributed by atoms with van der Waals surface area (Å²) in [5, 5.41) is 0. The Morgan fingerprint density at radius 2 is 1.50 bits per heavy atom. The van der Waals surface area contributed by atoms with Gasteiger partial charge in [-0.05, 0) is 45.2 Å². The molecule has 5 heteroatoms. The minimum absolute atomic E-state index is 0.735. The van der Waals surface area contributed by atoms with Gasteiger partial charge in [-0.2, -0.15) is 0 Å². The first kappa shape index (κ1) is 10.2. The lowest BCUT2D eigenvalue weighted by atomic mass is 11.1. The zero-order valence-corrected chi connectivity index (χ0v) is 9.11. The highest BCUT2D eigenvalue weighted by molar-refractivity contribution is 14.1. The van der Waals surface area contributed by atoms with Crippen LogP contribution in [0.4, 0.5) is 4.79 Å². The number of carbonyl (C=O) groups is 1. The van der Waals surface area contributed by atoms with Crippen LogP contribution < -0.4 is 0 Å². The van der Waals surface area contributed by atoms with Crippen molar-refractivity contribution in [1.29, 1.82) is 0 Å². The van der Waals surface area contributed by atoms with Gasteiger partial charge in [0.1, 0.15) is 12.5 Å². The van der Waals surface area contributed by atoms with Crippen molar-refractivity contribution >= 4 is 51.3 Å². The van der Waals surface area contributed by atoms with Crippen molar-refractivity contribution in [2.75, 3.05) is 0 Å². The van der Waals surface area contributed by atoms with E-state index < -0.39 is 6.16 Å². The van der Waals surface area contributed by atoms with Crippen molar-refractivity contribution in [2.24, 2.45) is 0 Å². The summed E-state index contributed by atoms with van der Waals surface area (Å²) < 4.78 is 11.9. The number of halogens is 2. The van der Waals surface area contributed by atoms with Gasteiger partial charge in [-0.3, -0.25) is 0 Å². The largest absolute Gasteiger partial charge is 0.518 e. The molecular formula is C5H4I2O3.